The Kier molecular flexibility index (Phi) is 5.92. The molecule has 1 rings (SSSR count). The third-order valence-electron chi connectivity index (χ3n) is 2.51. The monoisotopic (exact) mass is 273 g/mol. The van der Waals surface area contributed by atoms with Gasteiger partial charge in [0.2, 0.25) is 0 Å². The van der Waals surface area contributed by atoms with Gasteiger partial charge < -0.3 is 10.1 Å². The van der Waals surface area contributed by atoms with E-state index in [0.717, 1.165) is 12.8 Å². The van der Waals surface area contributed by atoms with Crippen LogP contribution < -0.4 is 10.1 Å². The molecule has 5 heteroatoms. The van der Waals surface area contributed by atoms with Crippen LogP contribution in [0.5, 0.6) is 5.75 Å². The van der Waals surface area contributed by atoms with Crippen molar-refractivity contribution in [2.24, 2.45) is 0 Å². The molecule has 1 aromatic rings. The molecular formula is C13H17ClFNO2. The first-order valence-electron chi connectivity index (χ1n) is 5.84. The fraction of sp³-hybridized carbons (Fsp3) is 0.462. The zero-order valence-corrected chi connectivity index (χ0v) is 11.3. The van der Waals surface area contributed by atoms with Gasteiger partial charge in [-0.1, -0.05) is 19.4 Å². The molecule has 0 aliphatic heterocycles. The first-order chi connectivity index (χ1) is 8.60. The van der Waals surface area contributed by atoms with Crippen LogP contribution in [-0.4, -0.2) is 24.9 Å². The Hall–Kier alpha value is -1.29. The standard InChI is InChI=1S/C13H17ClFNO2/c1-3-5-9(14)8-16-13(17)12-10(15)6-4-7-11(12)18-2/h4,6-7,9H,3,5,8H2,1-2H3,(H,16,17). The molecule has 0 aromatic heterocycles. The maximum absolute atomic E-state index is 13.6. The van der Waals surface area contributed by atoms with E-state index in [9.17, 15) is 9.18 Å². The van der Waals surface area contributed by atoms with Crippen molar-refractivity contribution in [2.45, 2.75) is 25.1 Å². The first-order valence-corrected chi connectivity index (χ1v) is 6.28. The molecule has 1 N–H and O–H groups in total. The van der Waals surface area contributed by atoms with Gasteiger partial charge in [0.15, 0.2) is 0 Å². The number of benzene rings is 1. The minimum atomic E-state index is -0.603. The molecule has 0 heterocycles. The van der Waals surface area contributed by atoms with Crippen LogP contribution in [0.3, 0.4) is 0 Å². The van der Waals surface area contributed by atoms with E-state index in [2.05, 4.69) is 5.32 Å². The van der Waals surface area contributed by atoms with Gasteiger partial charge in [-0.15, -0.1) is 11.6 Å². The number of nitrogens with one attached hydrogen (secondary N) is 1. The predicted molar refractivity (Wildman–Crippen MR) is 69.8 cm³/mol. The molecule has 3 nitrogen and oxygen atoms in total. The highest BCUT2D eigenvalue weighted by Crippen LogP contribution is 2.20. The third-order valence-corrected chi connectivity index (χ3v) is 2.88. The average Bonchev–Trinajstić information content (AvgIpc) is 2.36. The largest absolute Gasteiger partial charge is 0.496 e. The highest BCUT2D eigenvalue weighted by molar-refractivity contribution is 6.20. The molecule has 1 amide bonds. The summed E-state index contributed by atoms with van der Waals surface area (Å²) in [6.07, 6.45) is 1.74. The van der Waals surface area contributed by atoms with Gasteiger partial charge in [-0.25, -0.2) is 4.39 Å². The van der Waals surface area contributed by atoms with Gasteiger partial charge in [-0.2, -0.15) is 0 Å². The van der Waals surface area contributed by atoms with E-state index in [1.165, 1.54) is 19.2 Å². The predicted octanol–water partition coefficient (Wildman–Crippen LogP) is 2.97. The van der Waals surface area contributed by atoms with Crippen molar-refractivity contribution >= 4 is 17.5 Å². The van der Waals surface area contributed by atoms with E-state index in [0.29, 0.717) is 6.54 Å². The molecule has 1 aromatic carbocycles. The minimum Gasteiger partial charge on any atom is -0.496 e. The van der Waals surface area contributed by atoms with Crippen LogP contribution >= 0.6 is 11.6 Å². The van der Waals surface area contributed by atoms with Crippen LogP contribution in [0, 0.1) is 5.82 Å². The van der Waals surface area contributed by atoms with Crippen LogP contribution in [0.2, 0.25) is 0 Å². The van der Waals surface area contributed by atoms with Gasteiger partial charge in [0.1, 0.15) is 17.1 Å². The number of carbonyl (C=O) groups excluding carboxylic acids is 1. The zero-order chi connectivity index (χ0) is 13.5. The minimum absolute atomic E-state index is 0.0830. The van der Waals surface area contributed by atoms with Crippen LogP contribution in [-0.2, 0) is 0 Å². The lowest BCUT2D eigenvalue weighted by molar-refractivity contribution is 0.0946. The molecule has 0 fully saturated rings. The zero-order valence-electron chi connectivity index (χ0n) is 10.5. The Labute approximate surface area is 111 Å². The normalized spacial score (nSPS) is 12.0. The lowest BCUT2D eigenvalue weighted by Gasteiger charge is -2.12. The molecule has 0 aliphatic rings. The van der Waals surface area contributed by atoms with Crippen molar-refractivity contribution in [3.05, 3.63) is 29.6 Å². The van der Waals surface area contributed by atoms with Crippen molar-refractivity contribution < 1.29 is 13.9 Å². The summed E-state index contributed by atoms with van der Waals surface area (Å²) in [5, 5.41) is 2.47. The molecule has 18 heavy (non-hydrogen) atoms. The number of hydrogen-bond donors (Lipinski definition) is 1. The highest BCUT2D eigenvalue weighted by Gasteiger charge is 2.17. The van der Waals surface area contributed by atoms with Crippen LogP contribution in [0.15, 0.2) is 18.2 Å². The SMILES string of the molecule is CCCC(Cl)CNC(=O)c1c(F)cccc1OC. The van der Waals surface area contributed by atoms with E-state index in [-0.39, 0.29) is 16.7 Å². The number of carbonyl (C=O) groups is 1. The maximum Gasteiger partial charge on any atom is 0.258 e. The van der Waals surface area contributed by atoms with E-state index >= 15 is 0 Å². The number of methoxy groups -OCH3 is 1. The molecule has 0 aliphatic carbocycles. The second-order valence-electron chi connectivity index (χ2n) is 3.91. The summed E-state index contributed by atoms with van der Waals surface area (Å²) >= 11 is 5.99. The van der Waals surface area contributed by atoms with Crippen LogP contribution in [0.25, 0.3) is 0 Å². The molecule has 100 valence electrons. The van der Waals surface area contributed by atoms with Gasteiger partial charge in [-0.05, 0) is 18.6 Å². The topological polar surface area (TPSA) is 38.3 Å². The Morgan fingerprint density at radius 3 is 2.89 bits per heavy atom. The molecule has 1 atom stereocenters. The number of rotatable bonds is 6. The average molecular weight is 274 g/mol. The molecule has 1 unspecified atom stereocenters. The quantitative estimate of drug-likeness (QED) is 0.809. The summed E-state index contributed by atoms with van der Waals surface area (Å²) in [4.78, 5) is 11.9. The van der Waals surface area contributed by atoms with Crippen molar-refractivity contribution in [2.75, 3.05) is 13.7 Å². The van der Waals surface area contributed by atoms with E-state index in [4.69, 9.17) is 16.3 Å². The maximum atomic E-state index is 13.6. The summed E-state index contributed by atoms with van der Waals surface area (Å²) < 4.78 is 18.6. The van der Waals surface area contributed by atoms with Gasteiger partial charge in [0.05, 0.1) is 12.5 Å². The third kappa shape index (κ3) is 3.88. The van der Waals surface area contributed by atoms with Crippen molar-refractivity contribution in [3.8, 4) is 5.75 Å². The second kappa shape index (κ2) is 7.21. The molecule has 0 saturated carbocycles. The number of amides is 1. The molecular weight excluding hydrogens is 257 g/mol. The number of ether oxygens (including phenoxy) is 1. The Morgan fingerprint density at radius 1 is 1.56 bits per heavy atom. The van der Waals surface area contributed by atoms with Crippen molar-refractivity contribution in [1.29, 1.82) is 0 Å². The van der Waals surface area contributed by atoms with Crippen molar-refractivity contribution in [3.63, 3.8) is 0 Å². The summed E-state index contributed by atoms with van der Waals surface area (Å²) in [6, 6.07) is 4.26. The molecule has 0 saturated heterocycles. The summed E-state index contributed by atoms with van der Waals surface area (Å²) in [5.74, 6) is -0.894. The summed E-state index contributed by atoms with van der Waals surface area (Å²) in [7, 11) is 1.40. The Balaban J connectivity index is 2.72. The van der Waals surface area contributed by atoms with Gasteiger partial charge in [0.25, 0.3) is 5.91 Å². The molecule has 0 bridgehead atoms. The highest BCUT2D eigenvalue weighted by atomic mass is 35.5. The van der Waals surface area contributed by atoms with Gasteiger partial charge >= 0.3 is 0 Å². The molecule has 0 radical (unpaired) electrons. The van der Waals surface area contributed by atoms with E-state index < -0.39 is 11.7 Å². The first kappa shape index (κ1) is 14.8. The van der Waals surface area contributed by atoms with Crippen LogP contribution in [0.4, 0.5) is 4.39 Å². The van der Waals surface area contributed by atoms with Gasteiger partial charge in [-0.3, -0.25) is 4.79 Å². The Morgan fingerprint density at radius 2 is 2.28 bits per heavy atom. The number of alkyl halides is 1. The lowest BCUT2D eigenvalue weighted by atomic mass is 10.1. The fourth-order valence-corrected chi connectivity index (χ4v) is 1.90. The molecule has 0 spiro atoms. The van der Waals surface area contributed by atoms with E-state index in [1.807, 2.05) is 6.92 Å². The number of halogens is 2. The summed E-state index contributed by atoms with van der Waals surface area (Å²) in [6.45, 7) is 2.32. The van der Waals surface area contributed by atoms with Crippen LogP contribution in [0.1, 0.15) is 30.1 Å². The van der Waals surface area contributed by atoms with E-state index in [1.54, 1.807) is 6.07 Å². The van der Waals surface area contributed by atoms with Crippen molar-refractivity contribution in [1.82, 2.24) is 5.32 Å². The summed E-state index contributed by atoms with van der Waals surface area (Å²) in [5.41, 5.74) is -0.0830. The Bertz CT molecular complexity index is 412. The smallest absolute Gasteiger partial charge is 0.258 e. The van der Waals surface area contributed by atoms with Gasteiger partial charge in [0, 0.05) is 6.54 Å². The lowest BCUT2D eigenvalue weighted by Crippen LogP contribution is -2.30. The number of hydrogen-bond acceptors (Lipinski definition) is 2. The fourth-order valence-electron chi connectivity index (χ4n) is 1.60. The second-order valence-corrected chi connectivity index (χ2v) is 4.53.